The van der Waals surface area contributed by atoms with E-state index in [0.717, 1.165) is 31.6 Å². The van der Waals surface area contributed by atoms with E-state index in [2.05, 4.69) is 15.3 Å². The van der Waals surface area contributed by atoms with E-state index in [-0.39, 0.29) is 25.1 Å². The molecule has 0 amide bonds. The minimum absolute atomic E-state index is 0.00238. The van der Waals surface area contributed by atoms with E-state index < -0.39 is 11.9 Å². The minimum Gasteiger partial charge on any atom is -0.395 e. The monoisotopic (exact) mass is 290 g/mol. The van der Waals surface area contributed by atoms with Crippen molar-refractivity contribution in [2.45, 2.75) is 25.1 Å². The van der Waals surface area contributed by atoms with Gasteiger partial charge >= 0.3 is 6.18 Å². The second-order valence-electron chi connectivity index (χ2n) is 4.70. The summed E-state index contributed by atoms with van der Waals surface area (Å²) in [6, 6.07) is 1.04. The van der Waals surface area contributed by atoms with Crippen molar-refractivity contribution in [2.24, 2.45) is 0 Å². The highest BCUT2D eigenvalue weighted by atomic mass is 19.4. The maximum Gasteiger partial charge on any atom is 0.433 e. The number of hydrogen-bond acceptors (Lipinski definition) is 5. The fourth-order valence-corrected chi connectivity index (χ4v) is 2.23. The first-order chi connectivity index (χ1) is 9.50. The summed E-state index contributed by atoms with van der Waals surface area (Å²) in [6.07, 6.45) is -1.40. The number of rotatable bonds is 5. The van der Waals surface area contributed by atoms with Gasteiger partial charge in [-0.1, -0.05) is 0 Å². The van der Waals surface area contributed by atoms with Crippen molar-refractivity contribution >= 4 is 5.95 Å². The van der Waals surface area contributed by atoms with Crippen molar-refractivity contribution < 1.29 is 18.3 Å². The fraction of sp³-hybridized carbons (Fsp3) is 0.667. The van der Waals surface area contributed by atoms with Crippen LogP contribution in [0.15, 0.2) is 12.3 Å². The lowest BCUT2D eigenvalue weighted by molar-refractivity contribution is -0.141. The third-order valence-corrected chi connectivity index (χ3v) is 3.19. The molecule has 2 rings (SSSR count). The molecule has 112 valence electrons. The van der Waals surface area contributed by atoms with Gasteiger partial charge in [0.25, 0.3) is 0 Å². The molecule has 0 bridgehead atoms. The van der Waals surface area contributed by atoms with Gasteiger partial charge in [-0.3, -0.25) is 0 Å². The average Bonchev–Trinajstić information content (AvgIpc) is 2.90. The molecular weight excluding hydrogens is 273 g/mol. The lowest BCUT2D eigenvalue weighted by atomic mass is 10.2. The van der Waals surface area contributed by atoms with Gasteiger partial charge in [0.05, 0.1) is 6.61 Å². The molecule has 1 atom stereocenters. The molecule has 0 saturated carbocycles. The third kappa shape index (κ3) is 3.80. The van der Waals surface area contributed by atoms with E-state index in [9.17, 15) is 13.2 Å². The molecule has 5 nitrogen and oxygen atoms in total. The zero-order valence-electron chi connectivity index (χ0n) is 10.9. The molecule has 1 unspecified atom stereocenters. The summed E-state index contributed by atoms with van der Waals surface area (Å²) in [5.41, 5.74) is -0.968. The largest absolute Gasteiger partial charge is 0.433 e. The van der Waals surface area contributed by atoms with Crippen molar-refractivity contribution in [1.82, 2.24) is 15.3 Å². The Bertz CT molecular complexity index is 435. The Labute approximate surface area is 114 Å². The molecule has 0 spiro atoms. The van der Waals surface area contributed by atoms with Crippen LogP contribution in [0.4, 0.5) is 19.1 Å². The molecule has 1 aromatic heterocycles. The van der Waals surface area contributed by atoms with E-state index in [1.54, 1.807) is 4.90 Å². The Morgan fingerprint density at radius 1 is 1.45 bits per heavy atom. The van der Waals surface area contributed by atoms with Gasteiger partial charge in [0.15, 0.2) is 0 Å². The number of nitrogens with zero attached hydrogens (tertiary/aromatic N) is 3. The average molecular weight is 290 g/mol. The second kappa shape index (κ2) is 6.36. The van der Waals surface area contributed by atoms with Crippen molar-refractivity contribution in [3.8, 4) is 0 Å². The van der Waals surface area contributed by atoms with E-state index >= 15 is 0 Å². The number of aliphatic hydroxyl groups is 1. The summed E-state index contributed by atoms with van der Waals surface area (Å²) in [7, 11) is 0. The Kier molecular flexibility index (Phi) is 4.77. The molecular formula is C12H17F3N4O. The molecule has 0 radical (unpaired) electrons. The van der Waals surface area contributed by atoms with Gasteiger partial charge in [-0.05, 0) is 25.5 Å². The number of halogens is 3. The zero-order chi connectivity index (χ0) is 14.6. The molecule has 1 fully saturated rings. The Hall–Kier alpha value is -1.41. The summed E-state index contributed by atoms with van der Waals surface area (Å²) in [5.74, 6) is 0.00238. The lowest BCUT2D eigenvalue weighted by Crippen LogP contribution is -2.40. The summed E-state index contributed by atoms with van der Waals surface area (Å²) < 4.78 is 38.0. The zero-order valence-corrected chi connectivity index (χ0v) is 10.9. The Balaban J connectivity index is 2.15. The van der Waals surface area contributed by atoms with Crippen LogP contribution in [0, 0.1) is 0 Å². The van der Waals surface area contributed by atoms with Crippen LogP contribution in [-0.2, 0) is 6.18 Å². The van der Waals surface area contributed by atoms with Gasteiger partial charge in [-0.2, -0.15) is 13.2 Å². The van der Waals surface area contributed by atoms with E-state index in [1.165, 1.54) is 0 Å². The number of aromatic nitrogens is 2. The first kappa shape index (κ1) is 15.0. The van der Waals surface area contributed by atoms with Crippen molar-refractivity contribution in [1.29, 1.82) is 0 Å². The predicted molar refractivity (Wildman–Crippen MR) is 67.4 cm³/mol. The van der Waals surface area contributed by atoms with Gasteiger partial charge in [-0.15, -0.1) is 0 Å². The highest BCUT2D eigenvalue weighted by Gasteiger charge is 2.33. The SMILES string of the molecule is OCCN(CC1CCCN1)c1nccc(C(F)(F)F)n1. The maximum atomic E-state index is 12.7. The van der Waals surface area contributed by atoms with Crippen LogP contribution in [0.1, 0.15) is 18.5 Å². The molecule has 2 heterocycles. The molecule has 0 aromatic carbocycles. The molecule has 1 aromatic rings. The number of anilines is 1. The first-order valence-corrected chi connectivity index (χ1v) is 6.50. The number of nitrogens with one attached hydrogen (secondary N) is 1. The smallest absolute Gasteiger partial charge is 0.395 e. The van der Waals surface area contributed by atoms with Crippen LogP contribution in [-0.4, -0.2) is 47.4 Å². The molecule has 0 aliphatic carbocycles. The Morgan fingerprint density at radius 3 is 2.85 bits per heavy atom. The van der Waals surface area contributed by atoms with E-state index in [4.69, 9.17) is 5.11 Å². The van der Waals surface area contributed by atoms with Crippen molar-refractivity contribution in [2.75, 3.05) is 31.1 Å². The fourth-order valence-electron chi connectivity index (χ4n) is 2.23. The van der Waals surface area contributed by atoms with E-state index in [1.807, 2.05) is 0 Å². The maximum absolute atomic E-state index is 12.7. The molecule has 1 aliphatic heterocycles. The molecule has 8 heteroatoms. The second-order valence-corrected chi connectivity index (χ2v) is 4.70. The van der Waals surface area contributed by atoms with Crippen molar-refractivity contribution in [3.63, 3.8) is 0 Å². The number of hydrogen-bond donors (Lipinski definition) is 2. The van der Waals surface area contributed by atoms with Gasteiger partial charge in [0.1, 0.15) is 5.69 Å². The number of aliphatic hydroxyl groups excluding tert-OH is 1. The van der Waals surface area contributed by atoms with Gasteiger partial charge in [-0.25, -0.2) is 9.97 Å². The third-order valence-electron chi connectivity index (χ3n) is 3.19. The summed E-state index contributed by atoms with van der Waals surface area (Å²) >= 11 is 0. The van der Waals surface area contributed by atoms with Crippen LogP contribution in [0.5, 0.6) is 0 Å². The standard InChI is InChI=1S/C12H17F3N4O/c13-12(14,15)10-3-5-17-11(18-10)19(6-7-20)8-9-2-1-4-16-9/h3,5,9,16,20H,1-2,4,6-8H2. The van der Waals surface area contributed by atoms with Crippen LogP contribution in [0.3, 0.4) is 0 Å². The van der Waals surface area contributed by atoms with Crippen LogP contribution in [0.25, 0.3) is 0 Å². The molecule has 1 saturated heterocycles. The first-order valence-electron chi connectivity index (χ1n) is 6.50. The van der Waals surface area contributed by atoms with Crippen LogP contribution < -0.4 is 10.2 Å². The molecule has 2 N–H and O–H groups in total. The summed E-state index contributed by atoms with van der Waals surface area (Å²) in [4.78, 5) is 9.03. The molecule has 20 heavy (non-hydrogen) atoms. The Morgan fingerprint density at radius 2 is 2.25 bits per heavy atom. The highest BCUT2D eigenvalue weighted by Crippen LogP contribution is 2.28. The van der Waals surface area contributed by atoms with E-state index in [0.29, 0.717) is 6.54 Å². The van der Waals surface area contributed by atoms with Gasteiger partial charge in [0, 0.05) is 25.3 Å². The topological polar surface area (TPSA) is 61.3 Å². The van der Waals surface area contributed by atoms with Gasteiger partial charge < -0.3 is 15.3 Å². The number of alkyl halides is 3. The predicted octanol–water partition coefficient (Wildman–Crippen LogP) is 1.05. The normalized spacial score (nSPS) is 19.3. The van der Waals surface area contributed by atoms with Crippen LogP contribution in [0.2, 0.25) is 0 Å². The summed E-state index contributed by atoms with van der Waals surface area (Å²) in [5, 5.41) is 12.3. The summed E-state index contributed by atoms with van der Waals surface area (Å²) in [6.45, 7) is 1.44. The highest BCUT2D eigenvalue weighted by molar-refractivity contribution is 5.31. The molecule has 1 aliphatic rings. The van der Waals surface area contributed by atoms with Crippen LogP contribution >= 0.6 is 0 Å². The lowest BCUT2D eigenvalue weighted by Gasteiger charge is -2.25. The quantitative estimate of drug-likeness (QED) is 0.848. The van der Waals surface area contributed by atoms with Crippen molar-refractivity contribution in [3.05, 3.63) is 18.0 Å². The van der Waals surface area contributed by atoms with Gasteiger partial charge in [0.2, 0.25) is 5.95 Å². The minimum atomic E-state index is -4.49.